The second-order valence-electron chi connectivity index (χ2n) is 2.44. The van der Waals surface area contributed by atoms with Gasteiger partial charge in [0, 0.05) is 11.6 Å². The molecule has 0 aromatic carbocycles. The summed E-state index contributed by atoms with van der Waals surface area (Å²) in [5, 5.41) is 9.73. The Morgan fingerprint density at radius 1 is 1.60 bits per heavy atom. The number of alkyl halides is 2. The van der Waals surface area contributed by atoms with E-state index in [1.54, 1.807) is 0 Å². The molecule has 0 spiro atoms. The van der Waals surface area contributed by atoms with E-state index in [-0.39, 0.29) is 6.29 Å². The Kier molecular flexibility index (Phi) is 3.25. The third kappa shape index (κ3) is 2.24. The van der Waals surface area contributed by atoms with Crippen LogP contribution in [0, 0.1) is 10.1 Å². The fourth-order valence-corrected chi connectivity index (χ4v) is 1.11. The van der Waals surface area contributed by atoms with Crippen LogP contribution in [0.4, 0.5) is 14.6 Å². The molecule has 0 aliphatic heterocycles. The quantitative estimate of drug-likeness (QED) is 0.459. The maximum absolute atomic E-state index is 12.3. The normalized spacial score (nSPS) is 10.4. The highest BCUT2D eigenvalue weighted by atomic mass is 35.5. The lowest BCUT2D eigenvalue weighted by Crippen LogP contribution is -2.00. The molecule has 15 heavy (non-hydrogen) atoms. The number of aldehydes is 1. The van der Waals surface area contributed by atoms with Crippen LogP contribution in [0.3, 0.4) is 0 Å². The molecule has 0 amide bonds. The molecular formula is C7H3ClF2N2O3. The molecule has 0 bridgehead atoms. The Morgan fingerprint density at radius 2 is 2.20 bits per heavy atom. The molecule has 0 radical (unpaired) electrons. The van der Waals surface area contributed by atoms with Crippen LogP contribution in [0.2, 0.25) is 5.02 Å². The molecule has 1 rings (SSSR count). The lowest BCUT2D eigenvalue weighted by atomic mass is 10.2. The third-order valence-electron chi connectivity index (χ3n) is 1.53. The summed E-state index contributed by atoms with van der Waals surface area (Å²) in [6, 6.07) is 0.542. The predicted octanol–water partition coefficient (Wildman–Crippen LogP) is 2.39. The van der Waals surface area contributed by atoms with E-state index in [9.17, 15) is 23.7 Å². The number of hydrogen-bond donors (Lipinski definition) is 0. The summed E-state index contributed by atoms with van der Waals surface area (Å²) in [6.07, 6.45) is -2.92. The average Bonchev–Trinajstić information content (AvgIpc) is 2.17. The van der Waals surface area contributed by atoms with Crippen molar-refractivity contribution in [2.75, 3.05) is 0 Å². The number of halogens is 3. The summed E-state index contributed by atoms with van der Waals surface area (Å²) in [7, 11) is 0. The van der Waals surface area contributed by atoms with Crippen molar-refractivity contribution in [3.05, 3.63) is 32.5 Å². The minimum atomic E-state index is -3.00. The molecule has 80 valence electrons. The Bertz CT molecular complexity index is 425. The van der Waals surface area contributed by atoms with Gasteiger partial charge in [-0.15, -0.1) is 0 Å². The van der Waals surface area contributed by atoms with E-state index in [0.717, 1.165) is 0 Å². The van der Waals surface area contributed by atoms with Crippen LogP contribution in [0.25, 0.3) is 0 Å². The van der Waals surface area contributed by atoms with Crippen LogP contribution >= 0.6 is 11.6 Å². The first kappa shape index (κ1) is 11.4. The molecule has 5 nitrogen and oxygen atoms in total. The molecule has 0 fully saturated rings. The van der Waals surface area contributed by atoms with Gasteiger partial charge in [-0.25, -0.2) is 8.78 Å². The van der Waals surface area contributed by atoms with Crippen molar-refractivity contribution in [2.45, 2.75) is 6.43 Å². The third-order valence-corrected chi connectivity index (χ3v) is 1.94. The molecule has 0 aliphatic carbocycles. The molecule has 1 heterocycles. The van der Waals surface area contributed by atoms with Gasteiger partial charge >= 0.3 is 5.82 Å². The molecule has 1 aromatic rings. The second kappa shape index (κ2) is 4.26. The van der Waals surface area contributed by atoms with Crippen molar-refractivity contribution in [3.63, 3.8) is 0 Å². The van der Waals surface area contributed by atoms with Gasteiger partial charge < -0.3 is 10.1 Å². The summed E-state index contributed by atoms with van der Waals surface area (Å²) in [4.78, 5) is 22.9. The Hall–Kier alpha value is -1.63. The summed E-state index contributed by atoms with van der Waals surface area (Å²) >= 11 is 5.38. The van der Waals surface area contributed by atoms with Crippen LogP contribution in [-0.4, -0.2) is 16.2 Å². The maximum Gasteiger partial charge on any atom is 0.364 e. The number of rotatable bonds is 3. The smallest absolute Gasteiger partial charge is 0.358 e. The number of carbonyl (C=O) groups is 1. The van der Waals surface area contributed by atoms with Crippen molar-refractivity contribution >= 4 is 23.7 Å². The van der Waals surface area contributed by atoms with Gasteiger partial charge in [0.2, 0.25) is 5.69 Å². The fraction of sp³-hybridized carbons (Fsp3) is 0.143. The van der Waals surface area contributed by atoms with Gasteiger partial charge in [0.05, 0.1) is 0 Å². The van der Waals surface area contributed by atoms with Crippen molar-refractivity contribution in [1.29, 1.82) is 0 Å². The highest BCUT2D eigenvalue weighted by Gasteiger charge is 2.23. The second-order valence-corrected chi connectivity index (χ2v) is 2.82. The first-order valence-corrected chi connectivity index (χ1v) is 3.93. The topological polar surface area (TPSA) is 73.1 Å². The predicted molar refractivity (Wildman–Crippen MR) is 46.2 cm³/mol. The number of carbonyl (C=O) groups excluding carboxylic acids is 1. The molecule has 0 saturated carbocycles. The van der Waals surface area contributed by atoms with E-state index < -0.39 is 33.4 Å². The lowest BCUT2D eigenvalue weighted by Gasteiger charge is -2.02. The minimum Gasteiger partial charge on any atom is -0.358 e. The molecule has 0 atom stereocenters. The zero-order valence-corrected chi connectivity index (χ0v) is 7.74. The van der Waals surface area contributed by atoms with Crippen LogP contribution in [-0.2, 0) is 0 Å². The van der Waals surface area contributed by atoms with Crippen LogP contribution in [0.15, 0.2) is 6.07 Å². The highest BCUT2D eigenvalue weighted by molar-refractivity contribution is 6.33. The highest BCUT2D eigenvalue weighted by Crippen LogP contribution is 2.30. The largest absolute Gasteiger partial charge is 0.364 e. The molecule has 0 aliphatic rings. The maximum atomic E-state index is 12.3. The molecule has 0 saturated heterocycles. The zero-order valence-electron chi connectivity index (χ0n) is 6.99. The molecule has 8 heteroatoms. The van der Waals surface area contributed by atoms with E-state index in [0.29, 0.717) is 6.07 Å². The summed E-state index contributed by atoms with van der Waals surface area (Å²) in [6.45, 7) is 0. The standard InChI is InChI=1S/C7H3ClF2N2O3/c8-6-3(7(9)10)1-5(12(14)15)11-4(6)2-13/h1-2,7H. The van der Waals surface area contributed by atoms with E-state index in [1.807, 2.05) is 0 Å². The number of nitrogens with zero attached hydrogens (tertiary/aromatic N) is 2. The first-order valence-electron chi connectivity index (χ1n) is 3.55. The minimum absolute atomic E-state index is 0.0845. The van der Waals surface area contributed by atoms with Crippen molar-refractivity contribution in [2.24, 2.45) is 0 Å². The van der Waals surface area contributed by atoms with Gasteiger partial charge in [-0.1, -0.05) is 11.6 Å². The monoisotopic (exact) mass is 236 g/mol. The molecule has 1 aromatic heterocycles. The molecular weight excluding hydrogens is 234 g/mol. The van der Waals surface area contributed by atoms with Gasteiger partial charge in [0.1, 0.15) is 5.02 Å². The number of pyridine rings is 1. The number of hydrogen-bond acceptors (Lipinski definition) is 4. The zero-order chi connectivity index (χ0) is 11.6. The van der Waals surface area contributed by atoms with Crippen molar-refractivity contribution in [3.8, 4) is 0 Å². The number of nitro groups is 1. The van der Waals surface area contributed by atoms with Crippen LogP contribution in [0.5, 0.6) is 0 Å². The Labute approximate surface area is 86.8 Å². The van der Waals surface area contributed by atoms with E-state index in [2.05, 4.69) is 4.98 Å². The average molecular weight is 237 g/mol. The van der Waals surface area contributed by atoms with E-state index in [4.69, 9.17) is 11.6 Å². The Morgan fingerprint density at radius 3 is 2.60 bits per heavy atom. The first-order chi connectivity index (χ1) is 6.97. The summed E-state index contributed by atoms with van der Waals surface area (Å²) in [5.74, 6) is -0.836. The number of aromatic nitrogens is 1. The van der Waals surface area contributed by atoms with Gasteiger partial charge in [-0.05, 0) is 9.91 Å². The van der Waals surface area contributed by atoms with Gasteiger partial charge in [-0.3, -0.25) is 4.79 Å². The van der Waals surface area contributed by atoms with Crippen molar-refractivity contribution < 1.29 is 18.5 Å². The lowest BCUT2D eigenvalue weighted by molar-refractivity contribution is -0.389. The fourth-order valence-electron chi connectivity index (χ4n) is 0.885. The Balaban J connectivity index is 3.45. The summed E-state index contributed by atoms with van der Waals surface area (Å²) in [5.41, 5.74) is -1.35. The van der Waals surface area contributed by atoms with Gasteiger partial charge in [0.15, 0.2) is 6.29 Å². The SMILES string of the molecule is O=Cc1nc([N+](=O)[O-])cc(C(F)F)c1Cl. The van der Waals surface area contributed by atoms with Gasteiger partial charge in [-0.2, -0.15) is 0 Å². The molecule has 0 unspecified atom stereocenters. The van der Waals surface area contributed by atoms with Crippen molar-refractivity contribution in [1.82, 2.24) is 4.98 Å². The summed E-state index contributed by atoms with van der Waals surface area (Å²) < 4.78 is 24.7. The molecule has 0 N–H and O–H groups in total. The van der Waals surface area contributed by atoms with Gasteiger partial charge in [0.25, 0.3) is 6.43 Å². The van der Waals surface area contributed by atoms with Crippen LogP contribution < -0.4 is 0 Å². The van der Waals surface area contributed by atoms with Crippen LogP contribution in [0.1, 0.15) is 22.5 Å². The van der Waals surface area contributed by atoms with E-state index >= 15 is 0 Å². The van der Waals surface area contributed by atoms with E-state index in [1.165, 1.54) is 0 Å².